The van der Waals surface area contributed by atoms with Gasteiger partial charge in [0, 0.05) is 12.5 Å². The number of nitrogens with zero attached hydrogens (tertiary/aromatic N) is 2. The van der Waals surface area contributed by atoms with E-state index in [0.29, 0.717) is 16.8 Å². The summed E-state index contributed by atoms with van der Waals surface area (Å²) in [5, 5.41) is 2.90. The first-order chi connectivity index (χ1) is 15.2. The van der Waals surface area contributed by atoms with Crippen LogP contribution in [0.1, 0.15) is 32.0 Å². The summed E-state index contributed by atoms with van der Waals surface area (Å²) in [7, 11) is 0. The number of carbonyl (C=O) groups is 3. The van der Waals surface area contributed by atoms with Gasteiger partial charge in [-0.2, -0.15) is 0 Å². The van der Waals surface area contributed by atoms with E-state index < -0.39 is 35.4 Å². The van der Waals surface area contributed by atoms with Crippen LogP contribution < -0.4 is 5.32 Å². The fourth-order valence-electron chi connectivity index (χ4n) is 3.54. The lowest BCUT2D eigenvalue weighted by molar-refractivity contribution is -0.119. The second-order valence-corrected chi connectivity index (χ2v) is 7.71. The van der Waals surface area contributed by atoms with Crippen molar-refractivity contribution in [2.45, 2.75) is 19.4 Å². The fourth-order valence-corrected chi connectivity index (χ4v) is 3.71. The number of aryl methyl sites for hydroxylation is 1. The molecule has 1 aromatic heterocycles. The Balaban J connectivity index is 1.71. The SMILES string of the molecule is Cc1ncc(NC(=O)[C@H](Cc2cc(F)cc(F)c2)N2C(=O)c3ccccc3C2=O)cc1Cl. The molecule has 4 rings (SSSR count). The van der Waals surface area contributed by atoms with E-state index in [9.17, 15) is 23.2 Å². The molecule has 0 saturated heterocycles. The molecule has 0 fully saturated rings. The number of imide groups is 1. The Morgan fingerprint density at radius 3 is 2.22 bits per heavy atom. The minimum atomic E-state index is -1.37. The van der Waals surface area contributed by atoms with Gasteiger partial charge in [0.25, 0.3) is 11.8 Å². The Bertz CT molecular complexity index is 1210. The van der Waals surface area contributed by atoms with Crippen molar-refractivity contribution in [3.63, 3.8) is 0 Å². The Morgan fingerprint density at radius 2 is 1.66 bits per heavy atom. The van der Waals surface area contributed by atoms with Crippen LogP contribution in [0.15, 0.2) is 54.7 Å². The van der Waals surface area contributed by atoms with Crippen LogP contribution in [0.3, 0.4) is 0 Å². The zero-order chi connectivity index (χ0) is 23.0. The third-order valence-corrected chi connectivity index (χ3v) is 5.47. The van der Waals surface area contributed by atoms with E-state index in [-0.39, 0.29) is 28.8 Å². The van der Waals surface area contributed by atoms with Crippen molar-refractivity contribution in [3.8, 4) is 0 Å². The van der Waals surface area contributed by atoms with Crippen LogP contribution in [0.4, 0.5) is 14.5 Å². The van der Waals surface area contributed by atoms with Crippen molar-refractivity contribution in [3.05, 3.63) is 93.8 Å². The molecule has 0 aliphatic carbocycles. The Kier molecular flexibility index (Phi) is 5.71. The van der Waals surface area contributed by atoms with Crippen molar-refractivity contribution < 1.29 is 23.2 Å². The Labute approximate surface area is 186 Å². The molecule has 1 N–H and O–H groups in total. The molecule has 1 atom stereocenters. The lowest BCUT2D eigenvalue weighted by atomic mass is 10.0. The first-order valence-electron chi connectivity index (χ1n) is 9.59. The summed E-state index contributed by atoms with van der Waals surface area (Å²) in [5.41, 5.74) is 1.22. The van der Waals surface area contributed by atoms with E-state index in [1.807, 2.05) is 0 Å². The van der Waals surface area contributed by atoms with Gasteiger partial charge in [-0.25, -0.2) is 8.78 Å². The van der Waals surface area contributed by atoms with Crippen LogP contribution in [0.2, 0.25) is 5.02 Å². The Morgan fingerprint density at radius 1 is 1.06 bits per heavy atom. The minimum absolute atomic E-state index is 0.110. The molecule has 3 aromatic rings. The molecule has 6 nitrogen and oxygen atoms in total. The van der Waals surface area contributed by atoms with E-state index in [0.717, 1.165) is 17.0 Å². The summed E-state index contributed by atoms with van der Waals surface area (Å²) in [6.07, 6.45) is 1.08. The molecule has 3 amide bonds. The zero-order valence-corrected chi connectivity index (χ0v) is 17.5. The number of aromatic nitrogens is 1. The van der Waals surface area contributed by atoms with Gasteiger partial charge in [0.1, 0.15) is 17.7 Å². The maximum Gasteiger partial charge on any atom is 0.262 e. The lowest BCUT2D eigenvalue weighted by Gasteiger charge is -2.25. The predicted octanol–water partition coefficient (Wildman–Crippen LogP) is 4.17. The maximum atomic E-state index is 13.7. The number of nitrogens with one attached hydrogen (secondary N) is 1. The van der Waals surface area contributed by atoms with E-state index >= 15 is 0 Å². The summed E-state index contributed by atoms with van der Waals surface area (Å²) < 4.78 is 27.5. The van der Waals surface area contributed by atoms with Crippen molar-refractivity contribution >= 4 is 35.0 Å². The van der Waals surface area contributed by atoms with Gasteiger partial charge < -0.3 is 5.32 Å². The summed E-state index contributed by atoms with van der Waals surface area (Å²) in [4.78, 5) is 44.0. The number of halogens is 3. The predicted molar refractivity (Wildman–Crippen MR) is 113 cm³/mol. The van der Waals surface area contributed by atoms with Crippen LogP contribution >= 0.6 is 11.6 Å². The number of benzene rings is 2. The normalized spacial score (nSPS) is 13.8. The highest BCUT2D eigenvalue weighted by molar-refractivity contribution is 6.31. The average molecular weight is 456 g/mol. The number of amides is 3. The van der Waals surface area contributed by atoms with Crippen molar-refractivity contribution in [1.82, 2.24) is 9.88 Å². The van der Waals surface area contributed by atoms with Crippen molar-refractivity contribution in [1.29, 1.82) is 0 Å². The lowest BCUT2D eigenvalue weighted by Crippen LogP contribution is -2.48. The topological polar surface area (TPSA) is 79.4 Å². The van der Waals surface area contributed by atoms with E-state index in [2.05, 4.69) is 10.3 Å². The Hall–Kier alpha value is -3.65. The standard InChI is InChI=1S/C23H16ClF2N3O3/c1-12-19(24)10-16(11-27-12)28-21(30)20(8-13-6-14(25)9-15(26)7-13)29-22(31)17-4-2-3-5-18(17)23(29)32/h2-7,9-11,20H,8H2,1H3,(H,28,30)/t20-/m0/s1. The van der Waals surface area contributed by atoms with Crippen molar-refractivity contribution in [2.24, 2.45) is 0 Å². The van der Waals surface area contributed by atoms with Crippen molar-refractivity contribution in [2.75, 3.05) is 5.32 Å². The largest absolute Gasteiger partial charge is 0.323 e. The molecule has 0 spiro atoms. The number of hydrogen-bond acceptors (Lipinski definition) is 4. The molecule has 0 saturated carbocycles. The van der Waals surface area contributed by atoms with Gasteiger partial charge in [-0.1, -0.05) is 23.7 Å². The van der Waals surface area contributed by atoms with Gasteiger partial charge in [-0.15, -0.1) is 0 Å². The molecule has 0 bridgehead atoms. The molecular weight excluding hydrogens is 440 g/mol. The monoisotopic (exact) mass is 455 g/mol. The molecule has 162 valence electrons. The summed E-state index contributed by atoms with van der Waals surface area (Å²) >= 11 is 6.06. The van der Waals surface area contributed by atoms with Gasteiger partial charge in [0.15, 0.2) is 0 Å². The first kappa shape index (κ1) is 21.6. The molecule has 9 heteroatoms. The number of rotatable bonds is 5. The highest BCUT2D eigenvalue weighted by Gasteiger charge is 2.42. The number of carbonyl (C=O) groups excluding carboxylic acids is 3. The molecule has 0 radical (unpaired) electrons. The van der Waals surface area contributed by atoms with Gasteiger partial charge in [0.2, 0.25) is 5.91 Å². The summed E-state index contributed by atoms with van der Waals surface area (Å²) in [5.74, 6) is -3.73. The molecule has 2 aromatic carbocycles. The van der Waals surface area contributed by atoms with Crippen LogP contribution in [-0.4, -0.2) is 33.6 Å². The number of fused-ring (bicyclic) bond motifs is 1. The van der Waals surface area contributed by atoms with Gasteiger partial charge >= 0.3 is 0 Å². The highest BCUT2D eigenvalue weighted by atomic mass is 35.5. The third-order valence-electron chi connectivity index (χ3n) is 5.08. The molecule has 1 aliphatic rings. The highest BCUT2D eigenvalue weighted by Crippen LogP contribution is 2.27. The van der Waals surface area contributed by atoms with Crippen LogP contribution in [0.25, 0.3) is 0 Å². The van der Waals surface area contributed by atoms with Gasteiger partial charge in [0.05, 0.1) is 33.7 Å². The van der Waals surface area contributed by atoms with Crippen LogP contribution in [0, 0.1) is 18.6 Å². The second kappa shape index (κ2) is 8.47. The second-order valence-electron chi connectivity index (χ2n) is 7.30. The number of pyridine rings is 1. The third kappa shape index (κ3) is 4.09. The smallest absolute Gasteiger partial charge is 0.262 e. The van der Waals surface area contributed by atoms with Gasteiger partial charge in [-0.3, -0.25) is 24.3 Å². The zero-order valence-electron chi connectivity index (χ0n) is 16.7. The molecule has 0 unspecified atom stereocenters. The van der Waals surface area contributed by atoms with E-state index in [1.54, 1.807) is 19.1 Å². The van der Waals surface area contributed by atoms with E-state index in [1.165, 1.54) is 24.4 Å². The fraction of sp³-hybridized carbons (Fsp3) is 0.130. The molecule has 32 heavy (non-hydrogen) atoms. The maximum absolute atomic E-state index is 13.7. The minimum Gasteiger partial charge on any atom is -0.323 e. The van der Waals surface area contributed by atoms with E-state index in [4.69, 9.17) is 11.6 Å². The average Bonchev–Trinajstić information content (AvgIpc) is 2.99. The molecule has 1 aliphatic heterocycles. The van der Waals surface area contributed by atoms with Crippen LogP contribution in [-0.2, 0) is 11.2 Å². The van der Waals surface area contributed by atoms with Crippen LogP contribution in [0.5, 0.6) is 0 Å². The molecule has 2 heterocycles. The number of hydrogen-bond donors (Lipinski definition) is 1. The van der Waals surface area contributed by atoms with Gasteiger partial charge in [-0.05, 0) is 42.8 Å². The summed E-state index contributed by atoms with van der Waals surface area (Å²) in [6, 6.07) is 9.06. The quantitative estimate of drug-likeness (QED) is 0.586. The first-order valence-corrected chi connectivity index (χ1v) is 9.97. The number of anilines is 1. The molecular formula is C23H16ClF2N3O3. The summed E-state index contributed by atoms with van der Waals surface area (Å²) in [6.45, 7) is 1.69.